The summed E-state index contributed by atoms with van der Waals surface area (Å²) in [6.07, 6.45) is 0. The van der Waals surface area contributed by atoms with Gasteiger partial charge in [-0.15, -0.1) is 0 Å². The third-order valence-corrected chi connectivity index (χ3v) is 14.2. The van der Waals surface area contributed by atoms with E-state index < -0.39 is 0 Å². The summed E-state index contributed by atoms with van der Waals surface area (Å²) in [6, 6.07) is 77.4. The summed E-state index contributed by atoms with van der Waals surface area (Å²) in [5, 5.41) is 19.5. The topological polar surface area (TPSA) is 98.6 Å². The second-order valence-corrected chi connectivity index (χ2v) is 18.2. The Hall–Kier alpha value is -10.1. The van der Waals surface area contributed by atoms with E-state index in [4.69, 9.17) is 23.8 Å². The van der Waals surface area contributed by atoms with Gasteiger partial charge in [-0.25, -0.2) is 15.0 Å². The van der Waals surface area contributed by atoms with E-state index >= 15 is 0 Å². The van der Waals surface area contributed by atoms with E-state index in [9.17, 15) is 5.26 Å². The third-order valence-electron chi connectivity index (χ3n) is 14.2. The van der Waals surface area contributed by atoms with Gasteiger partial charge in [0.2, 0.25) is 0 Å². The standard InChI is InChI=1S/C64H36N6O2/c65-37-41-35-52(61-57(46-27-13-17-31-54(46)72-61)56(41)64-67-62(38-18-4-1-5-19-38)66-63(68-64)39-20-6-2-7-21-39)70-50-28-14-10-24-43(50)49-36-47(40-32-33-55-48(34-40)44-25-12-16-30-53(44)71-55)59-58(60(49)70)45-26-11-15-29-51(45)69(59)42-22-8-3-9-23-42/h1-36H. The average molecular weight is 921 g/mol. The minimum Gasteiger partial charge on any atom is -0.456 e. The van der Waals surface area contributed by atoms with Gasteiger partial charge >= 0.3 is 0 Å². The maximum Gasteiger partial charge on any atom is 0.166 e. The average Bonchev–Trinajstić information content (AvgIpc) is 4.21. The lowest BCUT2D eigenvalue weighted by Gasteiger charge is -2.16. The molecule has 8 heteroatoms. The molecule has 10 aromatic carbocycles. The SMILES string of the molecule is N#Cc1cc(-n2c3ccccc3c3cc(-c4ccc5oc6ccccc6c5c4)c4c(c5ccccc5n4-c4ccccc4)c32)c2oc3ccccc3c2c1-c1nc(-c2ccccc2)nc(-c2ccccc2)n1. The molecule has 0 bridgehead atoms. The highest BCUT2D eigenvalue weighted by molar-refractivity contribution is 6.30. The first-order valence-electron chi connectivity index (χ1n) is 23.9. The van der Waals surface area contributed by atoms with Crippen molar-refractivity contribution in [2.45, 2.75) is 0 Å². The second-order valence-electron chi connectivity index (χ2n) is 18.2. The molecule has 5 aromatic heterocycles. The molecule has 8 nitrogen and oxygen atoms in total. The van der Waals surface area contributed by atoms with Crippen molar-refractivity contribution in [1.82, 2.24) is 24.1 Å². The molecule has 0 radical (unpaired) electrons. The van der Waals surface area contributed by atoms with Crippen LogP contribution in [0.1, 0.15) is 5.56 Å². The smallest absolute Gasteiger partial charge is 0.166 e. The van der Waals surface area contributed by atoms with Crippen molar-refractivity contribution >= 4 is 87.5 Å². The Bertz CT molecular complexity index is 4690. The predicted octanol–water partition coefficient (Wildman–Crippen LogP) is 16.4. The molecule has 0 aliphatic carbocycles. The summed E-state index contributed by atoms with van der Waals surface area (Å²) in [5.74, 6) is 1.39. The fourth-order valence-electron chi connectivity index (χ4n) is 11.1. The van der Waals surface area contributed by atoms with Crippen LogP contribution < -0.4 is 0 Å². The highest BCUT2D eigenvalue weighted by Crippen LogP contribution is 2.49. The van der Waals surface area contributed by atoms with Crippen LogP contribution in [-0.2, 0) is 0 Å². The zero-order chi connectivity index (χ0) is 47.4. The first kappa shape index (κ1) is 39.9. The first-order valence-corrected chi connectivity index (χ1v) is 23.9. The van der Waals surface area contributed by atoms with Crippen molar-refractivity contribution in [3.05, 3.63) is 224 Å². The number of benzene rings is 10. The van der Waals surface area contributed by atoms with Crippen molar-refractivity contribution in [1.29, 1.82) is 5.26 Å². The summed E-state index contributed by atoms with van der Waals surface area (Å²) >= 11 is 0. The fraction of sp³-hybridized carbons (Fsp3) is 0. The largest absolute Gasteiger partial charge is 0.456 e. The molecule has 0 atom stereocenters. The zero-order valence-corrected chi connectivity index (χ0v) is 38.3. The molecule has 0 saturated carbocycles. The number of rotatable bonds is 6. The van der Waals surface area contributed by atoms with Crippen molar-refractivity contribution in [2.24, 2.45) is 0 Å². The van der Waals surface area contributed by atoms with Crippen LogP contribution in [-0.4, -0.2) is 24.1 Å². The second kappa shape index (κ2) is 15.5. The Morgan fingerprint density at radius 3 is 1.64 bits per heavy atom. The highest BCUT2D eigenvalue weighted by atomic mass is 16.3. The van der Waals surface area contributed by atoms with E-state index in [1.807, 2.05) is 97.1 Å². The quantitative estimate of drug-likeness (QED) is 0.165. The minimum absolute atomic E-state index is 0.380. The number of hydrogen-bond donors (Lipinski definition) is 0. The van der Waals surface area contributed by atoms with Crippen LogP contribution >= 0.6 is 0 Å². The monoisotopic (exact) mass is 920 g/mol. The van der Waals surface area contributed by atoms with E-state index in [1.165, 1.54) is 0 Å². The van der Waals surface area contributed by atoms with Gasteiger partial charge in [-0.05, 0) is 66.2 Å². The molecule has 334 valence electrons. The van der Waals surface area contributed by atoms with E-state index in [2.05, 4.69) is 137 Å². The van der Waals surface area contributed by atoms with Gasteiger partial charge in [0.15, 0.2) is 23.1 Å². The minimum atomic E-state index is 0.380. The van der Waals surface area contributed by atoms with Gasteiger partial charge in [-0.3, -0.25) is 0 Å². The molecular formula is C64H36N6O2. The van der Waals surface area contributed by atoms with Gasteiger partial charge in [-0.2, -0.15) is 5.26 Å². The molecular weight excluding hydrogens is 885 g/mol. The zero-order valence-electron chi connectivity index (χ0n) is 38.3. The molecule has 5 heterocycles. The molecule has 0 aliphatic rings. The lowest BCUT2D eigenvalue weighted by molar-refractivity contribution is 0.666. The number of nitrogens with zero attached hydrogens (tertiary/aromatic N) is 6. The van der Waals surface area contributed by atoms with Gasteiger partial charge < -0.3 is 18.0 Å². The molecule has 0 N–H and O–H groups in total. The molecule has 0 fully saturated rings. The van der Waals surface area contributed by atoms with Crippen LogP contribution in [0.4, 0.5) is 0 Å². The summed E-state index contributed by atoms with van der Waals surface area (Å²) in [7, 11) is 0. The van der Waals surface area contributed by atoms with Crippen LogP contribution in [0.15, 0.2) is 227 Å². The molecule has 0 aliphatic heterocycles. The van der Waals surface area contributed by atoms with Crippen LogP contribution in [0.2, 0.25) is 0 Å². The number of furan rings is 2. The molecule has 0 unspecified atom stereocenters. The van der Waals surface area contributed by atoms with Gasteiger partial charge in [0, 0.05) is 71.0 Å². The normalized spacial score (nSPS) is 11.9. The lowest BCUT2D eigenvalue weighted by atomic mass is 9.96. The number of para-hydroxylation sites is 5. The van der Waals surface area contributed by atoms with Gasteiger partial charge in [-0.1, -0.05) is 158 Å². The van der Waals surface area contributed by atoms with Crippen molar-refractivity contribution in [3.63, 3.8) is 0 Å². The van der Waals surface area contributed by atoms with Crippen molar-refractivity contribution in [3.8, 4) is 62.7 Å². The van der Waals surface area contributed by atoms with Crippen molar-refractivity contribution in [2.75, 3.05) is 0 Å². The summed E-state index contributed by atoms with van der Waals surface area (Å²) < 4.78 is 18.2. The lowest BCUT2D eigenvalue weighted by Crippen LogP contribution is -2.03. The molecule has 72 heavy (non-hydrogen) atoms. The van der Waals surface area contributed by atoms with Crippen LogP contribution in [0.5, 0.6) is 0 Å². The first-order chi connectivity index (χ1) is 35.7. The maximum atomic E-state index is 11.5. The Balaban J connectivity index is 1.10. The molecule has 0 saturated heterocycles. The summed E-state index contributed by atoms with van der Waals surface area (Å²) in [4.78, 5) is 15.4. The van der Waals surface area contributed by atoms with Crippen LogP contribution in [0.3, 0.4) is 0 Å². The van der Waals surface area contributed by atoms with Crippen molar-refractivity contribution < 1.29 is 8.83 Å². The number of hydrogen-bond acceptors (Lipinski definition) is 6. The molecule has 15 aromatic rings. The molecule has 0 spiro atoms. The Kier molecular flexibility index (Phi) is 8.55. The number of aromatic nitrogens is 5. The molecule has 15 rings (SSSR count). The van der Waals surface area contributed by atoms with E-state index in [0.717, 1.165) is 110 Å². The summed E-state index contributed by atoms with van der Waals surface area (Å²) in [5.41, 5.74) is 13.6. The molecule has 0 amide bonds. The van der Waals surface area contributed by atoms with Gasteiger partial charge in [0.1, 0.15) is 16.7 Å². The highest BCUT2D eigenvalue weighted by Gasteiger charge is 2.29. The van der Waals surface area contributed by atoms with Crippen LogP contribution in [0.25, 0.3) is 144 Å². The fourth-order valence-corrected chi connectivity index (χ4v) is 11.1. The Labute approximate surface area is 410 Å². The third kappa shape index (κ3) is 5.82. The van der Waals surface area contributed by atoms with E-state index in [-0.39, 0.29) is 0 Å². The maximum absolute atomic E-state index is 11.5. The Morgan fingerprint density at radius 2 is 0.944 bits per heavy atom. The number of nitriles is 1. The van der Waals surface area contributed by atoms with E-state index in [0.29, 0.717) is 39.8 Å². The Morgan fingerprint density at radius 1 is 0.389 bits per heavy atom. The predicted molar refractivity (Wildman–Crippen MR) is 290 cm³/mol. The number of fused-ring (bicyclic) bond motifs is 13. The summed E-state index contributed by atoms with van der Waals surface area (Å²) in [6.45, 7) is 0. The van der Waals surface area contributed by atoms with Gasteiger partial charge in [0.05, 0.1) is 39.4 Å². The van der Waals surface area contributed by atoms with Crippen LogP contribution in [0, 0.1) is 11.3 Å². The van der Waals surface area contributed by atoms with Gasteiger partial charge in [0.25, 0.3) is 0 Å². The van der Waals surface area contributed by atoms with E-state index in [1.54, 1.807) is 0 Å².